The van der Waals surface area contributed by atoms with Crippen LogP contribution < -0.4 is 5.32 Å². The molecule has 7 heteroatoms. The SMILES string of the molecule is O=C(NC1(CC(=O)N2CCC[C@H]2C(=O)O)CC1)OCC1c2ccccc2-c2ccccc21. The Kier molecular flexibility index (Phi) is 5.12. The molecule has 32 heavy (non-hydrogen) atoms. The van der Waals surface area contributed by atoms with E-state index >= 15 is 0 Å². The number of benzene rings is 2. The number of nitrogens with zero attached hydrogens (tertiary/aromatic N) is 1. The summed E-state index contributed by atoms with van der Waals surface area (Å²) in [7, 11) is 0. The van der Waals surface area contributed by atoms with Crippen LogP contribution in [-0.4, -0.2) is 52.7 Å². The molecular weight excluding hydrogens is 408 g/mol. The number of carboxylic acid groups (broad SMARTS) is 1. The first-order chi connectivity index (χ1) is 15.5. The summed E-state index contributed by atoms with van der Waals surface area (Å²) >= 11 is 0. The lowest BCUT2D eigenvalue weighted by Gasteiger charge is -2.25. The molecule has 7 nitrogen and oxygen atoms in total. The first-order valence-corrected chi connectivity index (χ1v) is 11.1. The standard InChI is InChI=1S/C25H26N2O5/c28-22(27-13-5-10-21(27)23(29)30)14-25(11-12-25)26-24(31)32-15-20-18-8-3-1-6-16(18)17-7-2-4-9-19(17)20/h1-4,6-9,20-21H,5,10-15H2,(H,26,31)(H,29,30)/t21-/m0/s1. The van der Waals surface area contributed by atoms with Crippen LogP contribution in [0.4, 0.5) is 4.79 Å². The maximum absolute atomic E-state index is 12.7. The van der Waals surface area contributed by atoms with Gasteiger partial charge in [-0.3, -0.25) is 4.79 Å². The Morgan fingerprint density at radius 1 is 1.03 bits per heavy atom. The van der Waals surface area contributed by atoms with Crippen molar-refractivity contribution in [2.75, 3.05) is 13.2 Å². The van der Waals surface area contributed by atoms with E-state index in [1.54, 1.807) is 0 Å². The topological polar surface area (TPSA) is 95.9 Å². The van der Waals surface area contributed by atoms with Gasteiger partial charge in [0.05, 0.1) is 12.0 Å². The van der Waals surface area contributed by atoms with Crippen molar-refractivity contribution in [1.82, 2.24) is 10.2 Å². The van der Waals surface area contributed by atoms with E-state index in [2.05, 4.69) is 29.6 Å². The van der Waals surface area contributed by atoms with Crippen molar-refractivity contribution in [3.63, 3.8) is 0 Å². The molecule has 1 saturated heterocycles. The third-order valence-electron chi connectivity index (χ3n) is 6.91. The van der Waals surface area contributed by atoms with Gasteiger partial charge in [0, 0.05) is 12.5 Å². The molecule has 3 aliphatic rings. The highest BCUT2D eigenvalue weighted by atomic mass is 16.5. The molecule has 1 atom stereocenters. The molecule has 0 spiro atoms. The van der Waals surface area contributed by atoms with Gasteiger partial charge in [0.2, 0.25) is 5.91 Å². The molecule has 2 fully saturated rings. The lowest BCUT2D eigenvalue weighted by Crippen LogP contribution is -2.46. The highest BCUT2D eigenvalue weighted by molar-refractivity contribution is 5.86. The molecule has 2 amide bonds. The van der Waals surface area contributed by atoms with E-state index in [1.807, 2.05) is 24.3 Å². The van der Waals surface area contributed by atoms with Crippen LogP contribution in [0.25, 0.3) is 11.1 Å². The van der Waals surface area contributed by atoms with Gasteiger partial charge < -0.3 is 20.1 Å². The third kappa shape index (κ3) is 3.72. The number of nitrogens with one attached hydrogen (secondary N) is 1. The fraction of sp³-hybridized carbons (Fsp3) is 0.400. The lowest BCUT2D eigenvalue weighted by atomic mass is 9.98. The Balaban J connectivity index is 1.21. The van der Waals surface area contributed by atoms with E-state index in [0.717, 1.165) is 11.1 Å². The first-order valence-electron chi connectivity index (χ1n) is 11.1. The fourth-order valence-corrected chi connectivity index (χ4v) is 5.06. The molecule has 1 saturated carbocycles. The maximum atomic E-state index is 12.7. The summed E-state index contributed by atoms with van der Waals surface area (Å²) < 4.78 is 5.61. The molecule has 1 heterocycles. The van der Waals surface area contributed by atoms with Gasteiger partial charge in [0.1, 0.15) is 12.6 Å². The molecule has 2 N–H and O–H groups in total. The average molecular weight is 434 g/mol. The van der Waals surface area contributed by atoms with Crippen LogP contribution in [0.1, 0.15) is 49.1 Å². The van der Waals surface area contributed by atoms with E-state index in [1.165, 1.54) is 16.0 Å². The van der Waals surface area contributed by atoms with Crippen molar-refractivity contribution in [1.29, 1.82) is 0 Å². The minimum absolute atomic E-state index is 0.0224. The molecule has 2 aromatic carbocycles. The highest BCUT2D eigenvalue weighted by Crippen LogP contribution is 2.45. The number of hydrogen-bond donors (Lipinski definition) is 2. The molecule has 1 aliphatic heterocycles. The molecule has 0 aromatic heterocycles. The Labute approximate surface area is 186 Å². The quantitative estimate of drug-likeness (QED) is 0.725. The van der Waals surface area contributed by atoms with Crippen LogP contribution >= 0.6 is 0 Å². The molecule has 166 valence electrons. The van der Waals surface area contributed by atoms with Crippen LogP contribution in [0.2, 0.25) is 0 Å². The van der Waals surface area contributed by atoms with Crippen molar-refractivity contribution in [3.05, 3.63) is 59.7 Å². The van der Waals surface area contributed by atoms with Crippen molar-refractivity contribution in [3.8, 4) is 11.1 Å². The van der Waals surface area contributed by atoms with E-state index in [4.69, 9.17) is 4.74 Å². The van der Waals surface area contributed by atoms with Gasteiger partial charge in [-0.25, -0.2) is 9.59 Å². The van der Waals surface area contributed by atoms with Gasteiger partial charge in [0.25, 0.3) is 0 Å². The maximum Gasteiger partial charge on any atom is 0.407 e. The summed E-state index contributed by atoms with van der Waals surface area (Å²) in [6.45, 7) is 0.675. The first kappa shape index (κ1) is 20.5. The van der Waals surface area contributed by atoms with Crippen LogP contribution in [0.3, 0.4) is 0 Å². The van der Waals surface area contributed by atoms with Gasteiger partial charge in [0.15, 0.2) is 0 Å². The number of likely N-dealkylation sites (tertiary alicyclic amines) is 1. The third-order valence-corrected chi connectivity index (χ3v) is 6.91. The summed E-state index contributed by atoms with van der Waals surface area (Å²) in [6, 6.07) is 15.5. The zero-order valence-electron chi connectivity index (χ0n) is 17.8. The number of carboxylic acids is 1. The number of alkyl carbamates (subject to hydrolysis) is 1. The van der Waals surface area contributed by atoms with Crippen molar-refractivity contribution < 1.29 is 24.2 Å². The molecular formula is C25H26N2O5. The van der Waals surface area contributed by atoms with Crippen molar-refractivity contribution in [2.24, 2.45) is 0 Å². The molecule has 5 rings (SSSR count). The largest absolute Gasteiger partial charge is 0.480 e. The van der Waals surface area contributed by atoms with Gasteiger partial charge in [-0.1, -0.05) is 48.5 Å². The minimum atomic E-state index is -0.967. The second-order valence-corrected chi connectivity index (χ2v) is 8.99. The second kappa shape index (κ2) is 7.97. The zero-order valence-corrected chi connectivity index (χ0v) is 17.8. The van der Waals surface area contributed by atoms with Crippen molar-refractivity contribution >= 4 is 18.0 Å². The lowest BCUT2D eigenvalue weighted by molar-refractivity contribution is -0.148. The van der Waals surface area contributed by atoms with Gasteiger partial charge in [-0.05, 0) is 47.9 Å². The van der Waals surface area contributed by atoms with Gasteiger partial charge in [-0.15, -0.1) is 0 Å². The number of fused-ring (bicyclic) bond motifs is 3. The number of hydrogen-bond acceptors (Lipinski definition) is 4. The normalized spacial score (nSPS) is 20.4. The summed E-state index contributed by atoms with van der Waals surface area (Å²) in [4.78, 5) is 38.1. The Bertz CT molecular complexity index is 1030. The molecule has 0 bridgehead atoms. The molecule has 2 aliphatic carbocycles. The minimum Gasteiger partial charge on any atom is -0.480 e. The number of carbonyl (C=O) groups is 3. The highest BCUT2D eigenvalue weighted by Gasteiger charge is 2.48. The average Bonchev–Trinajstić information content (AvgIpc) is 3.23. The summed E-state index contributed by atoms with van der Waals surface area (Å²) in [5.74, 6) is -1.21. The van der Waals surface area contributed by atoms with Crippen LogP contribution in [-0.2, 0) is 14.3 Å². The number of rotatable bonds is 6. The summed E-state index contributed by atoms with van der Waals surface area (Å²) in [6.07, 6.45) is 2.13. The van der Waals surface area contributed by atoms with Crippen LogP contribution in [0.5, 0.6) is 0 Å². The van der Waals surface area contributed by atoms with E-state index in [9.17, 15) is 19.5 Å². The van der Waals surface area contributed by atoms with Gasteiger partial charge in [-0.2, -0.15) is 0 Å². The van der Waals surface area contributed by atoms with Crippen LogP contribution in [0, 0.1) is 0 Å². The Morgan fingerprint density at radius 3 is 2.25 bits per heavy atom. The van der Waals surface area contributed by atoms with Gasteiger partial charge >= 0.3 is 12.1 Å². The fourth-order valence-electron chi connectivity index (χ4n) is 5.06. The second-order valence-electron chi connectivity index (χ2n) is 8.99. The zero-order chi connectivity index (χ0) is 22.3. The van der Waals surface area contributed by atoms with E-state index in [0.29, 0.717) is 32.2 Å². The molecule has 0 radical (unpaired) electrons. The Hall–Kier alpha value is -3.35. The van der Waals surface area contributed by atoms with E-state index < -0.39 is 23.6 Å². The summed E-state index contributed by atoms with van der Waals surface area (Å²) in [5.41, 5.74) is 4.00. The van der Waals surface area contributed by atoms with E-state index in [-0.39, 0.29) is 24.9 Å². The monoisotopic (exact) mass is 434 g/mol. The molecule has 0 unspecified atom stereocenters. The number of carbonyl (C=O) groups excluding carboxylic acids is 2. The predicted molar refractivity (Wildman–Crippen MR) is 117 cm³/mol. The number of ether oxygens (including phenoxy) is 1. The Morgan fingerprint density at radius 2 is 1.66 bits per heavy atom. The summed E-state index contributed by atoms with van der Waals surface area (Å²) in [5, 5.41) is 12.2. The number of aliphatic carboxylic acids is 1. The van der Waals surface area contributed by atoms with Crippen LogP contribution in [0.15, 0.2) is 48.5 Å². The number of amides is 2. The molecule has 2 aromatic rings. The van der Waals surface area contributed by atoms with Crippen molar-refractivity contribution in [2.45, 2.75) is 49.6 Å². The smallest absolute Gasteiger partial charge is 0.407 e. The predicted octanol–water partition coefficient (Wildman–Crippen LogP) is 3.52.